The van der Waals surface area contributed by atoms with Gasteiger partial charge in [-0.05, 0) is 25.2 Å². The monoisotopic (exact) mass is 361 g/mol. The average Bonchev–Trinajstić information content (AvgIpc) is 3.35. The lowest BCUT2D eigenvalue weighted by atomic mass is 10.2. The van der Waals surface area contributed by atoms with E-state index in [2.05, 4.69) is 56.1 Å². The van der Waals surface area contributed by atoms with Crippen molar-refractivity contribution >= 4 is 5.96 Å². The lowest BCUT2D eigenvalue weighted by molar-refractivity contribution is 0.193. The minimum absolute atomic E-state index is 0.170. The zero-order valence-electron chi connectivity index (χ0n) is 16.3. The highest BCUT2D eigenvalue weighted by Gasteiger charge is 2.20. The van der Waals surface area contributed by atoms with Crippen LogP contribution in [-0.4, -0.2) is 58.9 Å². The van der Waals surface area contributed by atoms with E-state index in [1.165, 1.54) is 0 Å². The van der Waals surface area contributed by atoms with Crippen molar-refractivity contribution in [3.63, 3.8) is 0 Å². The predicted molar refractivity (Wildman–Crippen MR) is 103 cm³/mol. The van der Waals surface area contributed by atoms with Crippen LogP contribution >= 0.6 is 0 Å². The van der Waals surface area contributed by atoms with Crippen LogP contribution < -0.4 is 10.6 Å². The SMILES string of the molecule is CCc1nncn1CCNC(=NC)NCC(c1ccco1)N(CC)CC. The van der Waals surface area contributed by atoms with E-state index in [4.69, 9.17) is 4.42 Å². The average molecular weight is 361 g/mol. The van der Waals surface area contributed by atoms with Gasteiger partial charge in [0.25, 0.3) is 0 Å². The van der Waals surface area contributed by atoms with Gasteiger partial charge in [-0.25, -0.2) is 0 Å². The summed E-state index contributed by atoms with van der Waals surface area (Å²) in [5.74, 6) is 2.74. The first-order chi connectivity index (χ1) is 12.7. The van der Waals surface area contributed by atoms with E-state index in [1.807, 2.05) is 12.1 Å². The smallest absolute Gasteiger partial charge is 0.191 e. The second-order valence-corrected chi connectivity index (χ2v) is 5.93. The van der Waals surface area contributed by atoms with Crippen molar-refractivity contribution in [1.29, 1.82) is 0 Å². The van der Waals surface area contributed by atoms with Gasteiger partial charge in [-0.1, -0.05) is 20.8 Å². The van der Waals surface area contributed by atoms with Crippen LogP contribution in [0, 0.1) is 0 Å². The van der Waals surface area contributed by atoms with Gasteiger partial charge in [0.05, 0.1) is 12.3 Å². The van der Waals surface area contributed by atoms with Gasteiger partial charge in [-0.2, -0.15) is 0 Å². The van der Waals surface area contributed by atoms with Crippen molar-refractivity contribution in [2.75, 3.05) is 33.2 Å². The molecule has 1 unspecified atom stereocenters. The number of guanidine groups is 1. The van der Waals surface area contributed by atoms with Gasteiger partial charge in [0.1, 0.15) is 17.9 Å². The maximum absolute atomic E-state index is 5.64. The highest BCUT2D eigenvalue weighted by atomic mass is 16.3. The fraction of sp³-hybridized carbons (Fsp3) is 0.611. The molecule has 0 bridgehead atoms. The predicted octanol–water partition coefficient (Wildman–Crippen LogP) is 1.68. The number of likely N-dealkylation sites (N-methyl/N-ethyl adjacent to an activating group) is 1. The molecule has 0 saturated heterocycles. The van der Waals surface area contributed by atoms with Crippen LogP contribution in [0.25, 0.3) is 0 Å². The summed E-state index contributed by atoms with van der Waals surface area (Å²) in [6, 6.07) is 4.13. The molecule has 0 aliphatic rings. The fourth-order valence-corrected chi connectivity index (χ4v) is 3.00. The summed E-state index contributed by atoms with van der Waals surface area (Å²) in [4.78, 5) is 6.68. The van der Waals surface area contributed by atoms with Crippen LogP contribution in [0.15, 0.2) is 34.1 Å². The number of aliphatic imine (C=N–C) groups is 1. The molecule has 0 saturated carbocycles. The second-order valence-electron chi connectivity index (χ2n) is 5.93. The van der Waals surface area contributed by atoms with Gasteiger partial charge < -0.3 is 19.6 Å². The topological polar surface area (TPSA) is 83.5 Å². The van der Waals surface area contributed by atoms with Gasteiger partial charge in [0.15, 0.2) is 5.96 Å². The molecule has 0 amide bonds. The summed E-state index contributed by atoms with van der Waals surface area (Å²) in [5, 5.41) is 14.8. The van der Waals surface area contributed by atoms with Gasteiger partial charge in [-0.15, -0.1) is 10.2 Å². The van der Waals surface area contributed by atoms with Crippen LogP contribution in [0.4, 0.5) is 0 Å². The number of nitrogens with one attached hydrogen (secondary N) is 2. The van der Waals surface area contributed by atoms with Crippen molar-refractivity contribution in [3.05, 3.63) is 36.3 Å². The highest BCUT2D eigenvalue weighted by Crippen LogP contribution is 2.20. The molecular weight excluding hydrogens is 330 g/mol. The first-order valence-corrected chi connectivity index (χ1v) is 9.32. The van der Waals surface area contributed by atoms with E-state index in [1.54, 1.807) is 19.6 Å². The van der Waals surface area contributed by atoms with Crippen LogP contribution in [0.5, 0.6) is 0 Å². The summed E-state index contributed by atoms with van der Waals surface area (Å²) in [5.41, 5.74) is 0. The summed E-state index contributed by atoms with van der Waals surface area (Å²) in [6.07, 6.45) is 4.37. The molecule has 2 heterocycles. The standard InChI is InChI=1S/C18H31N7O/c1-5-17-23-22-14-25(17)11-10-20-18(19-4)21-13-15(24(6-2)7-3)16-9-8-12-26-16/h8-9,12,14-15H,5-7,10-11,13H2,1-4H3,(H2,19,20,21). The Morgan fingerprint density at radius 1 is 1.31 bits per heavy atom. The molecule has 8 heteroatoms. The molecule has 26 heavy (non-hydrogen) atoms. The van der Waals surface area contributed by atoms with Gasteiger partial charge in [0, 0.05) is 33.1 Å². The van der Waals surface area contributed by atoms with E-state index in [9.17, 15) is 0 Å². The summed E-state index contributed by atoms with van der Waals surface area (Å²) in [7, 11) is 1.78. The van der Waals surface area contributed by atoms with Gasteiger partial charge in [-0.3, -0.25) is 9.89 Å². The molecule has 2 rings (SSSR count). The Bertz CT molecular complexity index is 646. The number of rotatable bonds is 10. The molecule has 2 N–H and O–H groups in total. The molecule has 0 aliphatic carbocycles. The molecule has 0 spiro atoms. The number of hydrogen-bond acceptors (Lipinski definition) is 5. The fourth-order valence-electron chi connectivity index (χ4n) is 3.00. The largest absolute Gasteiger partial charge is 0.468 e. The van der Waals surface area contributed by atoms with E-state index in [0.717, 1.165) is 56.7 Å². The number of furan rings is 1. The summed E-state index contributed by atoms with van der Waals surface area (Å²) in [6.45, 7) is 10.6. The maximum Gasteiger partial charge on any atom is 0.191 e. The molecule has 0 radical (unpaired) electrons. The molecular formula is C18H31N7O. The number of aryl methyl sites for hydroxylation is 1. The molecule has 1 atom stereocenters. The van der Waals surface area contributed by atoms with Gasteiger partial charge >= 0.3 is 0 Å². The Hall–Kier alpha value is -2.35. The highest BCUT2D eigenvalue weighted by molar-refractivity contribution is 5.79. The van der Waals surface area contributed by atoms with Crippen molar-refractivity contribution in [2.45, 2.75) is 39.8 Å². The van der Waals surface area contributed by atoms with Crippen molar-refractivity contribution in [2.24, 2.45) is 4.99 Å². The van der Waals surface area contributed by atoms with Crippen LogP contribution in [0.1, 0.15) is 38.4 Å². The van der Waals surface area contributed by atoms with Crippen LogP contribution in [0.2, 0.25) is 0 Å². The molecule has 144 valence electrons. The molecule has 0 aliphatic heterocycles. The molecule has 0 aromatic carbocycles. The molecule has 8 nitrogen and oxygen atoms in total. The van der Waals surface area contributed by atoms with E-state index in [-0.39, 0.29) is 6.04 Å². The molecule has 0 fully saturated rings. The van der Waals surface area contributed by atoms with Crippen molar-refractivity contribution < 1.29 is 4.42 Å². The zero-order valence-corrected chi connectivity index (χ0v) is 16.3. The quantitative estimate of drug-likeness (QED) is 0.495. The van der Waals surface area contributed by atoms with E-state index >= 15 is 0 Å². The Kier molecular flexibility index (Phi) is 8.14. The first-order valence-electron chi connectivity index (χ1n) is 9.32. The number of aromatic nitrogens is 3. The molecule has 2 aromatic rings. The number of nitrogens with zero attached hydrogens (tertiary/aromatic N) is 5. The Balaban J connectivity index is 1.87. The third kappa shape index (κ3) is 5.32. The van der Waals surface area contributed by atoms with E-state index in [0.29, 0.717) is 0 Å². The summed E-state index contributed by atoms with van der Waals surface area (Å²) >= 11 is 0. The van der Waals surface area contributed by atoms with Crippen LogP contribution in [0.3, 0.4) is 0 Å². The summed E-state index contributed by atoms with van der Waals surface area (Å²) < 4.78 is 7.70. The van der Waals surface area contributed by atoms with Gasteiger partial charge in [0.2, 0.25) is 0 Å². The minimum Gasteiger partial charge on any atom is -0.468 e. The minimum atomic E-state index is 0.170. The Morgan fingerprint density at radius 3 is 2.73 bits per heavy atom. The number of hydrogen-bond donors (Lipinski definition) is 2. The maximum atomic E-state index is 5.64. The second kappa shape index (κ2) is 10.6. The van der Waals surface area contributed by atoms with Crippen LogP contribution in [-0.2, 0) is 13.0 Å². The van der Waals surface area contributed by atoms with Crippen molar-refractivity contribution in [3.8, 4) is 0 Å². The third-order valence-electron chi connectivity index (χ3n) is 4.47. The zero-order chi connectivity index (χ0) is 18.8. The molecule has 2 aromatic heterocycles. The third-order valence-corrected chi connectivity index (χ3v) is 4.47. The Labute approximate surface area is 155 Å². The lowest BCUT2D eigenvalue weighted by Gasteiger charge is -2.28. The Morgan fingerprint density at radius 2 is 2.12 bits per heavy atom. The van der Waals surface area contributed by atoms with E-state index < -0.39 is 0 Å². The van der Waals surface area contributed by atoms with Crippen molar-refractivity contribution in [1.82, 2.24) is 30.3 Å². The first kappa shape index (κ1) is 20.0. The lowest BCUT2D eigenvalue weighted by Crippen LogP contribution is -2.44. The normalized spacial score (nSPS) is 13.2.